The van der Waals surface area contributed by atoms with E-state index >= 15 is 0 Å². The molecular weight excluding hydrogens is 346 g/mol. The molecule has 8 N–H and O–H groups in total. The Bertz CT molecular complexity index is 625. The monoisotopic (exact) mass is 371 g/mol. The predicted octanol–water partition coefficient (Wildman–Crippen LogP) is -0.113. The van der Waals surface area contributed by atoms with Gasteiger partial charge in [-0.05, 0) is 24.0 Å². The fourth-order valence-electron chi connectivity index (χ4n) is 2.10. The number of aliphatic carboxylic acids is 3. The maximum Gasteiger partial charge on any atom is 0.307 e. The van der Waals surface area contributed by atoms with Crippen LogP contribution in [0.1, 0.15) is 42.5 Å². The lowest BCUT2D eigenvalue weighted by Crippen LogP contribution is -2.13. The molecule has 26 heavy (non-hydrogen) atoms. The second kappa shape index (κ2) is 12.6. The highest BCUT2D eigenvalue weighted by Gasteiger charge is 2.14. The van der Waals surface area contributed by atoms with E-state index < -0.39 is 17.9 Å². The van der Waals surface area contributed by atoms with Crippen LogP contribution in [0.5, 0.6) is 0 Å². The van der Waals surface area contributed by atoms with Gasteiger partial charge in [-0.15, -0.1) is 0 Å². The minimum atomic E-state index is -0.953. The van der Waals surface area contributed by atoms with E-state index in [0.717, 1.165) is 0 Å². The minimum absolute atomic E-state index is 0.0135. The number of ketones is 1. The molecule has 0 aromatic carbocycles. The summed E-state index contributed by atoms with van der Waals surface area (Å²) in [6.45, 7) is 0.231. The number of aryl methyl sites for hydroxylation is 1. The summed E-state index contributed by atoms with van der Waals surface area (Å²) in [5.41, 5.74) is 12.4. The largest absolute Gasteiger partial charge is 0.481 e. The average Bonchev–Trinajstić information content (AvgIpc) is 2.94. The number of carbonyl (C=O) groups is 4. The molecule has 0 aliphatic rings. The molecule has 0 atom stereocenters. The number of hydrogen-bond acceptors (Lipinski definition) is 6. The van der Waals surface area contributed by atoms with E-state index in [1.54, 1.807) is 6.20 Å². The predicted molar refractivity (Wildman–Crippen MR) is 91.5 cm³/mol. The first kappa shape index (κ1) is 23.3. The van der Waals surface area contributed by atoms with Crippen molar-refractivity contribution in [2.75, 3.05) is 6.54 Å². The number of H-pyrrole nitrogens is 1. The SMILES string of the molecule is NCC(=O)CCCC(=O)O.NCc1[nH]cc(CCC(=O)O)c1CC(=O)O. The number of Topliss-reactive ketones (excluding diaryl/α,β-unsaturated/α-hetero) is 1. The van der Waals surface area contributed by atoms with Crippen LogP contribution in [0, 0.1) is 0 Å². The molecule has 146 valence electrons. The Morgan fingerprint density at radius 2 is 1.54 bits per heavy atom. The highest BCUT2D eigenvalue weighted by atomic mass is 16.4. The molecule has 0 unspecified atom stereocenters. The summed E-state index contributed by atoms with van der Waals surface area (Å²) < 4.78 is 0. The molecule has 0 spiro atoms. The number of aromatic nitrogens is 1. The summed E-state index contributed by atoms with van der Waals surface area (Å²) in [5.74, 6) is -2.81. The standard InChI is InChI=1S/C10H14N2O4.C6H11NO3/c11-4-8-7(3-10(15)16)6(5-12-8)1-2-9(13)14;7-4-5(8)2-1-3-6(9)10/h5,12H,1-4,11H2,(H,13,14)(H,15,16);1-4,7H2,(H,9,10). The lowest BCUT2D eigenvalue weighted by atomic mass is 10.0. The van der Waals surface area contributed by atoms with Crippen molar-refractivity contribution in [2.45, 2.75) is 45.1 Å². The Balaban J connectivity index is 0.000000541. The average molecular weight is 371 g/mol. The van der Waals surface area contributed by atoms with Gasteiger partial charge in [0, 0.05) is 37.7 Å². The van der Waals surface area contributed by atoms with Crippen LogP contribution in [-0.4, -0.2) is 50.5 Å². The van der Waals surface area contributed by atoms with Gasteiger partial charge in [0.2, 0.25) is 0 Å². The molecule has 1 rings (SSSR count). The fraction of sp³-hybridized carbons (Fsp3) is 0.500. The van der Waals surface area contributed by atoms with E-state index in [9.17, 15) is 19.2 Å². The third-order valence-corrected chi connectivity index (χ3v) is 3.39. The van der Waals surface area contributed by atoms with Gasteiger partial charge < -0.3 is 31.8 Å². The topological polar surface area (TPSA) is 197 Å². The summed E-state index contributed by atoms with van der Waals surface area (Å²) in [6, 6.07) is 0. The van der Waals surface area contributed by atoms with Crippen molar-refractivity contribution in [3.63, 3.8) is 0 Å². The number of hydrogen-bond donors (Lipinski definition) is 6. The maximum atomic E-state index is 10.7. The van der Waals surface area contributed by atoms with Gasteiger partial charge in [0.15, 0.2) is 0 Å². The first-order chi connectivity index (χ1) is 12.2. The third kappa shape index (κ3) is 10.2. The molecule has 0 saturated heterocycles. The van der Waals surface area contributed by atoms with Crippen LogP contribution in [0.25, 0.3) is 0 Å². The Morgan fingerprint density at radius 1 is 0.923 bits per heavy atom. The second-order valence-electron chi connectivity index (χ2n) is 5.43. The number of nitrogens with two attached hydrogens (primary N) is 2. The summed E-state index contributed by atoms with van der Waals surface area (Å²) in [4.78, 5) is 44.4. The second-order valence-corrected chi connectivity index (χ2v) is 5.43. The van der Waals surface area contributed by atoms with Gasteiger partial charge in [0.25, 0.3) is 0 Å². The van der Waals surface area contributed by atoms with Gasteiger partial charge in [-0.2, -0.15) is 0 Å². The molecule has 1 heterocycles. The number of rotatable bonds is 11. The molecule has 0 fully saturated rings. The number of nitrogens with one attached hydrogen (secondary N) is 1. The van der Waals surface area contributed by atoms with Crippen LogP contribution in [0.4, 0.5) is 0 Å². The first-order valence-corrected chi connectivity index (χ1v) is 7.96. The van der Waals surface area contributed by atoms with Gasteiger partial charge in [-0.25, -0.2) is 0 Å². The molecule has 0 bridgehead atoms. The smallest absolute Gasteiger partial charge is 0.307 e. The van der Waals surface area contributed by atoms with Gasteiger partial charge in [0.1, 0.15) is 5.78 Å². The summed E-state index contributed by atoms with van der Waals surface area (Å²) >= 11 is 0. The van der Waals surface area contributed by atoms with E-state index in [1.807, 2.05) is 0 Å². The molecule has 10 nitrogen and oxygen atoms in total. The lowest BCUT2D eigenvalue weighted by molar-refractivity contribution is -0.138. The number of carbonyl (C=O) groups excluding carboxylic acids is 1. The zero-order valence-electron chi connectivity index (χ0n) is 14.4. The van der Waals surface area contributed by atoms with Gasteiger partial charge >= 0.3 is 17.9 Å². The van der Waals surface area contributed by atoms with Crippen molar-refractivity contribution in [3.05, 3.63) is 23.0 Å². The van der Waals surface area contributed by atoms with Crippen molar-refractivity contribution in [2.24, 2.45) is 11.5 Å². The van der Waals surface area contributed by atoms with Crippen LogP contribution in [0.15, 0.2) is 6.20 Å². The van der Waals surface area contributed by atoms with Crippen LogP contribution in [-0.2, 0) is 38.6 Å². The van der Waals surface area contributed by atoms with Crippen molar-refractivity contribution in [3.8, 4) is 0 Å². The van der Waals surface area contributed by atoms with Crippen molar-refractivity contribution in [1.82, 2.24) is 4.98 Å². The van der Waals surface area contributed by atoms with Crippen molar-refractivity contribution < 1.29 is 34.5 Å². The highest BCUT2D eigenvalue weighted by Crippen LogP contribution is 2.16. The summed E-state index contributed by atoms with van der Waals surface area (Å²) in [7, 11) is 0. The highest BCUT2D eigenvalue weighted by molar-refractivity contribution is 5.80. The van der Waals surface area contributed by atoms with E-state index in [-0.39, 0.29) is 44.6 Å². The summed E-state index contributed by atoms with van der Waals surface area (Å²) in [6.07, 6.45) is 2.51. The zero-order chi connectivity index (χ0) is 20.1. The maximum absolute atomic E-state index is 10.7. The number of aromatic amines is 1. The van der Waals surface area contributed by atoms with Crippen molar-refractivity contribution in [1.29, 1.82) is 0 Å². The van der Waals surface area contributed by atoms with Gasteiger partial charge in [-0.1, -0.05) is 0 Å². The molecule has 1 aromatic rings. The Labute approximate surface area is 150 Å². The molecule has 0 aliphatic carbocycles. The van der Waals surface area contributed by atoms with Gasteiger partial charge in [0.05, 0.1) is 13.0 Å². The van der Waals surface area contributed by atoms with E-state index in [2.05, 4.69) is 4.98 Å². The first-order valence-electron chi connectivity index (χ1n) is 7.96. The molecule has 0 aliphatic heterocycles. The Kier molecular flexibility index (Phi) is 11.3. The molecule has 1 aromatic heterocycles. The van der Waals surface area contributed by atoms with E-state index in [0.29, 0.717) is 29.7 Å². The molecule has 10 heteroatoms. The van der Waals surface area contributed by atoms with Crippen LogP contribution >= 0.6 is 0 Å². The summed E-state index contributed by atoms with van der Waals surface area (Å²) in [5, 5.41) is 25.5. The van der Waals surface area contributed by atoms with E-state index in [4.69, 9.17) is 26.8 Å². The third-order valence-electron chi connectivity index (χ3n) is 3.39. The normalized spacial score (nSPS) is 9.92. The fourth-order valence-corrected chi connectivity index (χ4v) is 2.10. The number of carboxylic acid groups (broad SMARTS) is 3. The zero-order valence-corrected chi connectivity index (χ0v) is 14.4. The molecule has 0 radical (unpaired) electrons. The van der Waals surface area contributed by atoms with Crippen LogP contribution in [0.2, 0.25) is 0 Å². The molecular formula is C16H25N3O7. The quantitative estimate of drug-likeness (QED) is 0.307. The minimum Gasteiger partial charge on any atom is -0.481 e. The lowest BCUT2D eigenvalue weighted by Gasteiger charge is -2.02. The number of carboxylic acids is 3. The van der Waals surface area contributed by atoms with Crippen LogP contribution < -0.4 is 11.5 Å². The Hall–Kier alpha value is -2.72. The molecule has 0 saturated carbocycles. The van der Waals surface area contributed by atoms with E-state index in [1.165, 1.54) is 0 Å². The van der Waals surface area contributed by atoms with Crippen molar-refractivity contribution >= 4 is 23.7 Å². The van der Waals surface area contributed by atoms with Gasteiger partial charge in [-0.3, -0.25) is 19.2 Å². The molecule has 0 amide bonds. The Morgan fingerprint density at radius 3 is 2.00 bits per heavy atom. The van der Waals surface area contributed by atoms with Crippen LogP contribution in [0.3, 0.4) is 0 Å².